The zero-order valence-corrected chi connectivity index (χ0v) is 13.6. The second kappa shape index (κ2) is 6.83. The standard InChI is InChI=1S/C17H22N4O2/c1-3-21(17(22)16-8-9-19(2)18-16)15-6-4-14(5-7-15)20-10-12-23-13-11-20/h4-9H,3,10-13H2,1-2H3. The van der Waals surface area contributed by atoms with E-state index in [1.54, 1.807) is 21.8 Å². The van der Waals surface area contributed by atoms with Crippen molar-refractivity contribution in [2.45, 2.75) is 6.92 Å². The second-order valence-corrected chi connectivity index (χ2v) is 5.54. The Morgan fingerprint density at radius 3 is 2.48 bits per heavy atom. The number of morpholine rings is 1. The van der Waals surface area contributed by atoms with Gasteiger partial charge in [0.05, 0.1) is 13.2 Å². The van der Waals surface area contributed by atoms with Gasteiger partial charge in [0.25, 0.3) is 5.91 Å². The molecule has 0 spiro atoms. The van der Waals surface area contributed by atoms with E-state index in [2.05, 4.69) is 22.1 Å². The van der Waals surface area contributed by atoms with Gasteiger partial charge in [-0.2, -0.15) is 5.10 Å². The minimum atomic E-state index is -0.0766. The smallest absolute Gasteiger partial charge is 0.278 e. The van der Waals surface area contributed by atoms with Gasteiger partial charge in [-0.05, 0) is 37.3 Å². The van der Waals surface area contributed by atoms with Crippen LogP contribution in [0.2, 0.25) is 0 Å². The van der Waals surface area contributed by atoms with E-state index in [0.717, 1.165) is 32.0 Å². The van der Waals surface area contributed by atoms with Crippen molar-refractivity contribution < 1.29 is 9.53 Å². The van der Waals surface area contributed by atoms with E-state index in [0.29, 0.717) is 12.2 Å². The van der Waals surface area contributed by atoms with Gasteiger partial charge < -0.3 is 14.5 Å². The number of carbonyl (C=O) groups is 1. The molecule has 2 heterocycles. The van der Waals surface area contributed by atoms with Crippen molar-refractivity contribution in [3.8, 4) is 0 Å². The van der Waals surface area contributed by atoms with Crippen molar-refractivity contribution in [3.05, 3.63) is 42.2 Å². The quantitative estimate of drug-likeness (QED) is 0.865. The zero-order valence-electron chi connectivity index (χ0n) is 13.6. The highest BCUT2D eigenvalue weighted by atomic mass is 16.5. The molecule has 6 heteroatoms. The molecule has 1 saturated heterocycles. The fourth-order valence-electron chi connectivity index (χ4n) is 2.78. The molecule has 0 radical (unpaired) electrons. The molecule has 1 aromatic carbocycles. The van der Waals surface area contributed by atoms with Gasteiger partial charge in [0.2, 0.25) is 0 Å². The number of hydrogen-bond acceptors (Lipinski definition) is 4. The minimum absolute atomic E-state index is 0.0766. The van der Waals surface area contributed by atoms with Crippen LogP contribution in [0.15, 0.2) is 36.5 Å². The molecular formula is C17H22N4O2. The Bertz CT molecular complexity index is 659. The second-order valence-electron chi connectivity index (χ2n) is 5.54. The van der Waals surface area contributed by atoms with E-state index in [-0.39, 0.29) is 5.91 Å². The van der Waals surface area contributed by atoms with Crippen molar-refractivity contribution in [2.75, 3.05) is 42.6 Å². The van der Waals surface area contributed by atoms with Gasteiger partial charge in [0, 0.05) is 44.3 Å². The van der Waals surface area contributed by atoms with Crippen LogP contribution in [0.1, 0.15) is 17.4 Å². The average Bonchev–Trinajstić information content (AvgIpc) is 3.03. The number of nitrogens with zero attached hydrogens (tertiary/aromatic N) is 4. The van der Waals surface area contributed by atoms with Crippen LogP contribution in [0.4, 0.5) is 11.4 Å². The third-order valence-corrected chi connectivity index (χ3v) is 4.03. The molecule has 0 bridgehead atoms. The molecule has 6 nitrogen and oxygen atoms in total. The molecule has 0 N–H and O–H groups in total. The van der Waals surface area contributed by atoms with Crippen LogP contribution >= 0.6 is 0 Å². The molecule has 122 valence electrons. The highest BCUT2D eigenvalue weighted by Crippen LogP contribution is 2.22. The molecule has 1 fully saturated rings. The number of anilines is 2. The van der Waals surface area contributed by atoms with Gasteiger partial charge in [-0.25, -0.2) is 0 Å². The van der Waals surface area contributed by atoms with E-state index >= 15 is 0 Å². The molecule has 1 amide bonds. The van der Waals surface area contributed by atoms with Crippen molar-refractivity contribution in [1.29, 1.82) is 0 Å². The Balaban J connectivity index is 1.77. The van der Waals surface area contributed by atoms with E-state index in [9.17, 15) is 4.79 Å². The summed E-state index contributed by atoms with van der Waals surface area (Å²) >= 11 is 0. The molecule has 2 aromatic rings. The summed E-state index contributed by atoms with van der Waals surface area (Å²) in [6.45, 7) is 5.92. The maximum Gasteiger partial charge on any atom is 0.278 e. The predicted octanol–water partition coefficient (Wildman–Crippen LogP) is 1.92. The Kier molecular flexibility index (Phi) is 4.62. The summed E-state index contributed by atoms with van der Waals surface area (Å²) in [4.78, 5) is 16.6. The first-order valence-corrected chi connectivity index (χ1v) is 7.93. The molecular weight excluding hydrogens is 292 g/mol. The van der Waals surface area contributed by atoms with E-state index < -0.39 is 0 Å². The van der Waals surface area contributed by atoms with Crippen molar-refractivity contribution in [1.82, 2.24) is 9.78 Å². The van der Waals surface area contributed by atoms with E-state index in [1.165, 1.54) is 5.69 Å². The minimum Gasteiger partial charge on any atom is -0.378 e. The maximum absolute atomic E-state index is 12.6. The average molecular weight is 314 g/mol. The summed E-state index contributed by atoms with van der Waals surface area (Å²) < 4.78 is 7.02. The highest BCUT2D eigenvalue weighted by Gasteiger charge is 2.19. The summed E-state index contributed by atoms with van der Waals surface area (Å²) in [5.41, 5.74) is 2.52. The number of aromatic nitrogens is 2. The number of benzene rings is 1. The first-order valence-electron chi connectivity index (χ1n) is 7.93. The first-order chi connectivity index (χ1) is 11.2. The molecule has 3 rings (SSSR count). The first kappa shape index (κ1) is 15.6. The van der Waals surface area contributed by atoms with Gasteiger partial charge in [0.1, 0.15) is 0 Å². The number of aryl methyl sites for hydroxylation is 1. The number of amides is 1. The lowest BCUT2D eigenvalue weighted by Gasteiger charge is -2.29. The summed E-state index contributed by atoms with van der Waals surface area (Å²) in [5, 5.41) is 4.20. The van der Waals surface area contributed by atoms with Crippen LogP contribution in [-0.2, 0) is 11.8 Å². The molecule has 0 unspecified atom stereocenters. The van der Waals surface area contributed by atoms with E-state index in [4.69, 9.17) is 4.74 Å². The number of hydrogen-bond donors (Lipinski definition) is 0. The Morgan fingerprint density at radius 2 is 1.91 bits per heavy atom. The summed E-state index contributed by atoms with van der Waals surface area (Å²) in [6, 6.07) is 9.86. The molecule has 1 aliphatic heterocycles. The van der Waals surface area contributed by atoms with Gasteiger partial charge in [-0.3, -0.25) is 9.48 Å². The van der Waals surface area contributed by atoms with E-state index in [1.807, 2.05) is 26.1 Å². The van der Waals surface area contributed by atoms with Gasteiger partial charge in [0.15, 0.2) is 5.69 Å². The monoisotopic (exact) mass is 314 g/mol. The topological polar surface area (TPSA) is 50.6 Å². The molecule has 0 aliphatic carbocycles. The van der Waals surface area contributed by atoms with Crippen LogP contribution < -0.4 is 9.80 Å². The molecule has 1 aliphatic rings. The van der Waals surface area contributed by atoms with Crippen LogP contribution in [0.5, 0.6) is 0 Å². The summed E-state index contributed by atoms with van der Waals surface area (Å²) in [5.74, 6) is -0.0766. The largest absolute Gasteiger partial charge is 0.378 e. The highest BCUT2D eigenvalue weighted by molar-refractivity contribution is 6.04. The van der Waals surface area contributed by atoms with Crippen LogP contribution in [-0.4, -0.2) is 48.5 Å². The summed E-state index contributed by atoms with van der Waals surface area (Å²) in [6.07, 6.45) is 1.78. The lowest BCUT2D eigenvalue weighted by Crippen LogP contribution is -2.36. The Labute approximate surface area is 136 Å². The number of rotatable bonds is 4. The zero-order chi connectivity index (χ0) is 16.2. The fourth-order valence-corrected chi connectivity index (χ4v) is 2.78. The van der Waals surface area contributed by atoms with Crippen LogP contribution in [0.25, 0.3) is 0 Å². The van der Waals surface area contributed by atoms with Crippen LogP contribution in [0, 0.1) is 0 Å². The number of carbonyl (C=O) groups excluding carboxylic acids is 1. The lowest BCUT2D eigenvalue weighted by atomic mass is 10.2. The van der Waals surface area contributed by atoms with Gasteiger partial charge in [-0.1, -0.05) is 0 Å². The number of ether oxygens (including phenoxy) is 1. The lowest BCUT2D eigenvalue weighted by molar-refractivity contribution is 0.0983. The SMILES string of the molecule is CCN(C(=O)c1ccn(C)n1)c1ccc(N2CCOCC2)cc1. The third kappa shape index (κ3) is 3.37. The molecule has 23 heavy (non-hydrogen) atoms. The predicted molar refractivity (Wildman–Crippen MR) is 90.0 cm³/mol. The molecule has 0 saturated carbocycles. The molecule has 1 aromatic heterocycles. The third-order valence-electron chi connectivity index (χ3n) is 4.03. The van der Waals surface area contributed by atoms with Gasteiger partial charge >= 0.3 is 0 Å². The fraction of sp³-hybridized carbons (Fsp3) is 0.412. The Hall–Kier alpha value is -2.34. The van der Waals surface area contributed by atoms with Gasteiger partial charge in [-0.15, -0.1) is 0 Å². The molecule has 0 atom stereocenters. The summed E-state index contributed by atoms with van der Waals surface area (Å²) in [7, 11) is 1.81. The van der Waals surface area contributed by atoms with Crippen molar-refractivity contribution in [3.63, 3.8) is 0 Å². The van der Waals surface area contributed by atoms with Crippen molar-refractivity contribution >= 4 is 17.3 Å². The van der Waals surface area contributed by atoms with Crippen molar-refractivity contribution in [2.24, 2.45) is 7.05 Å². The van der Waals surface area contributed by atoms with Crippen LogP contribution in [0.3, 0.4) is 0 Å². The maximum atomic E-state index is 12.6. The normalized spacial score (nSPS) is 14.8. The Morgan fingerprint density at radius 1 is 1.22 bits per heavy atom.